The number of methoxy groups -OCH3 is 1. The average Bonchev–Trinajstić information content (AvgIpc) is 2.86. The number of carbonyl (C=O) groups is 4. The molecule has 0 fully saturated rings. The zero-order valence-corrected chi connectivity index (χ0v) is 23.2. The van der Waals surface area contributed by atoms with Crippen LogP contribution in [0.25, 0.3) is 0 Å². The molecule has 0 bridgehead atoms. The fraction of sp³-hybridized carbons (Fsp3) is 0.630. The topological polar surface area (TPSA) is 136 Å². The fourth-order valence-electron chi connectivity index (χ4n) is 3.45. The van der Waals surface area contributed by atoms with Crippen LogP contribution in [0.1, 0.15) is 72.3 Å². The lowest BCUT2D eigenvalue weighted by Crippen LogP contribution is -2.41. The summed E-state index contributed by atoms with van der Waals surface area (Å²) in [6, 6.07) is 3.75. The molecule has 1 N–H and O–H groups in total. The van der Waals surface area contributed by atoms with E-state index in [0.717, 1.165) is 12.8 Å². The molecule has 0 aromatic heterocycles. The second-order valence-electron chi connectivity index (χ2n) is 8.73. The normalized spacial score (nSPS) is 13.0. The van der Waals surface area contributed by atoms with Gasteiger partial charge in [-0.1, -0.05) is 39.7 Å². The van der Waals surface area contributed by atoms with Gasteiger partial charge in [0.2, 0.25) is 0 Å². The van der Waals surface area contributed by atoms with E-state index in [1.54, 1.807) is 26.8 Å². The van der Waals surface area contributed by atoms with E-state index in [4.69, 9.17) is 28.4 Å². The monoisotopic (exact) mass is 539 g/mol. The molecule has 0 saturated heterocycles. The molecular weight excluding hydrogens is 498 g/mol. The molecule has 0 amide bonds. The van der Waals surface area contributed by atoms with E-state index < -0.39 is 24.3 Å². The predicted octanol–water partition coefficient (Wildman–Crippen LogP) is 4.72. The molecule has 0 aliphatic carbocycles. The van der Waals surface area contributed by atoms with Crippen molar-refractivity contribution in [2.45, 2.75) is 91.4 Å². The van der Waals surface area contributed by atoms with Crippen molar-refractivity contribution in [3.05, 3.63) is 23.8 Å². The zero-order valence-electron chi connectivity index (χ0n) is 23.2. The minimum atomic E-state index is -0.957. The maximum absolute atomic E-state index is 12.4. The summed E-state index contributed by atoms with van der Waals surface area (Å²) in [5, 5.41) is 2.99. The molecule has 214 valence electrons. The van der Waals surface area contributed by atoms with Crippen molar-refractivity contribution in [2.75, 3.05) is 20.3 Å². The smallest absolute Gasteiger partial charge is 0.468 e. The van der Waals surface area contributed by atoms with Crippen LogP contribution < -0.4 is 14.8 Å². The second kappa shape index (κ2) is 18.0. The summed E-state index contributed by atoms with van der Waals surface area (Å²) in [6.07, 6.45) is 0.753. The summed E-state index contributed by atoms with van der Waals surface area (Å²) in [7, 11) is 1.26. The Kier molecular flexibility index (Phi) is 15.5. The summed E-state index contributed by atoms with van der Waals surface area (Å²) >= 11 is 0. The molecule has 0 radical (unpaired) electrons. The van der Waals surface area contributed by atoms with Gasteiger partial charge in [-0.15, -0.1) is 0 Å². The Labute approximate surface area is 224 Å². The van der Waals surface area contributed by atoms with Crippen LogP contribution in [-0.4, -0.2) is 62.8 Å². The van der Waals surface area contributed by atoms with Gasteiger partial charge in [-0.25, -0.2) is 9.59 Å². The van der Waals surface area contributed by atoms with E-state index in [9.17, 15) is 19.2 Å². The summed E-state index contributed by atoms with van der Waals surface area (Å²) in [6.45, 7) is 9.42. The molecule has 0 aliphatic rings. The highest BCUT2D eigenvalue weighted by molar-refractivity contribution is 5.76. The van der Waals surface area contributed by atoms with E-state index in [0.29, 0.717) is 18.4 Å². The summed E-state index contributed by atoms with van der Waals surface area (Å²) in [5.41, 5.74) is 0.572. The van der Waals surface area contributed by atoms with Crippen LogP contribution in [0.15, 0.2) is 18.2 Å². The quantitative estimate of drug-likeness (QED) is 0.135. The number of nitrogens with one attached hydrogen (secondary N) is 1. The molecule has 11 nitrogen and oxygen atoms in total. The Balaban J connectivity index is 3.07. The lowest BCUT2D eigenvalue weighted by Gasteiger charge is -2.18. The van der Waals surface area contributed by atoms with E-state index in [1.165, 1.54) is 19.2 Å². The molecule has 1 aromatic rings. The summed E-state index contributed by atoms with van der Waals surface area (Å²) in [4.78, 5) is 48.3. The van der Waals surface area contributed by atoms with Crippen LogP contribution in [0, 0.1) is 0 Å². The van der Waals surface area contributed by atoms with Gasteiger partial charge in [-0.2, -0.15) is 0 Å². The van der Waals surface area contributed by atoms with Gasteiger partial charge in [0, 0.05) is 13.0 Å². The van der Waals surface area contributed by atoms with Gasteiger partial charge in [-0.05, 0) is 50.8 Å². The number of carbonyl (C=O) groups excluding carboxylic acids is 4. The van der Waals surface area contributed by atoms with Crippen molar-refractivity contribution in [3.63, 3.8) is 0 Å². The highest BCUT2D eigenvalue weighted by atomic mass is 16.7. The molecule has 1 rings (SSSR count). The van der Waals surface area contributed by atoms with Crippen molar-refractivity contribution in [1.82, 2.24) is 5.32 Å². The van der Waals surface area contributed by atoms with Gasteiger partial charge in [0.1, 0.15) is 24.9 Å². The van der Waals surface area contributed by atoms with Crippen LogP contribution in [0.3, 0.4) is 0 Å². The second-order valence-corrected chi connectivity index (χ2v) is 8.73. The minimum absolute atomic E-state index is 0.0448. The third-order valence-electron chi connectivity index (χ3n) is 5.35. The molecule has 3 atom stereocenters. The first kappa shape index (κ1) is 32.7. The highest BCUT2D eigenvalue weighted by Gasteiger charge is 2.23. The Morgan fingerprint density at radius 3 is 1.97 bits per heavy atom. The molecule has 0 heterocycles. The average molecular weight is 540 g/mol. The van der Waals surface area contributed by atoms with Gasteiger partial charge in [0.05, 0.1) is 7.11 Å². The first-order valence-corrected chi connectivity index (χ1v) is 13.0. The Morgan fingerprint density at radius 2 is 1.45 bits per heavy atom. The molecule has 0 spiro atoms. The van der Waals surface area contributed by atoms with Crippen LogP contribution in [-0.2, 0) is 35.0 Å². The van der Waals surface area contributed by atoms with Gasteiger partial charge < -0.3 is 33.7 Å². The van der Waals surface area contributed by atoms with Gasteiger partial charge >= 0.3 is 24.2 Å². The molecular formula is C27H41NO10. The Morgan fingerprint density at radius 1 is 0.868 bits per heavy atom. The molecule has 1 aromatic carbocycles. The molecule has 2 unspecified atom stereocenters. The number of hydrogen-bond acceptors (Lipinski definition) is 11. The first-order chi connectivity index (χ1) is 18.1. The summed E-state index contributed by atoms with van der Waals surface area (Å²) < 4.78 is 31.1. The molecule has 11 heteroatoms. The van der Waals surface area contributed by atoms with E-state index in [2.05, 4.69) is 5.32 Å². The van der Waals surface area contributed by atoms with Gasteiger partial charge in [-0.3, -0.25) is 9.59 Å². The van der Waals surface area contributed by atoms with Crippen LogP contribution in [0.5, 0.6) is 11.5 Å². The van der Waals surface area contributed by atoms with Crippen LogP contribution >= 0.6 is 0 Å². The number of ether oxygens (including phenoxy) is 6. The Hall–Kier alpha value is -3.34. The number of hydrogen-bond donors (Lipinski definition) is 1. The van der Waals surface area contributed by atoms with Gasteiger partial charge in [0.25, 0.3) is 0 Å². The lowest BCUT2D eigenvalue weighted by atomic mass is 10.1. The van der Waals surface area contributed by atoms with E-state index in [-0.39, 0.29) is 55.7 Å². The predicted molar refractivity (Wildman–Crippen MR) is 138 cm³/mol. The fourth-order valence-corrected chi connectivity index (χ4v) is 3.45. The van der Waals surface area contributed by atoms with Gasteiger partial charge in [0.15, 0.2) is 11.5 Å². The first-order valence-electron chi connectivity index (χ1n) is 13.0. The number of esters is 2. The van der Waals surface area contributed by atoms with Crippen molar-refractivity contribution in [2.24, 2.45) is 0 Å². The highest BCUT2D eigenvalue weighted by Crippen LogP contribution is 2.30. The SMILES string of the molecule is CCCC(C)OC(=O)Oc1ccc(C[C@H](NCCOC(=O)CC)C(=O)OC)cc1OC(=O)OC(C)CCC. The zero-order chi connectivity index (χ0) is 28.5. The number of rotatable bonds is 16. The molecule has 0 saturated carbocycles. The van der Waals surface area contributed by atoms with Crippen molar-refractivity contribution < 1.29 is 47.6 Å². The van der Waals surface area contributed by atoms with Crippen molar-refractivity contribution in [1.29, 1.82) is 0 Å². The maximum Gasteiger partial charge on any atom is 0.514 e. The summed E-state index contributed by atoms with van der Waals surface area (Å²) in [5.74, 6) is -0.995. The third kappa shape index (κ3) is 12.8. The largest absolute Gasteiger partial charge is 0.514 e. The van der Waals surface area contributed by atoms with E-state index in [1.807, 2.05) is 13.8 Å². The number of benzene rings is 1. The lowest BCUT2D eigenvalue weighted by molar-refractivity contribution is -0.143. The molecule has 38 heavy (non-hydrogen) atoms. The van der Waals surface area contributed by atoms with E-state index >= 15 is 0 Å². The Bertz CT molecular complexity index is 904. The van der Waals surface area contributed by atoms with Crippen molar-refractivity contribution in [3.8, 4) is 11.5 Å². The van der Waals surface area contributed by atoms with Crippen LogP contribution in [0.4, 0.5) is 9.59 Å². The minimum Gasteiger partial charge on any atom is -0.468 e. The third-order valence-corrected chi connectivity index (χ3v) is 5.35. The maximum atomic E-state index is 12.4. The standard InChI is InChI=1S/C27H41NO10/c1-7-10-18(4)35-26(31)37-22-13-12-20(17-23(22)38-27(32)36-19(5)11-8-2)16-21(25(30)33-6)28-14-15-34-24(29)9-3/h12-13,17-19,21,28H,7-11,14-16H2,1-6H3/t18?,19?,21-/m0/s1. The van der Waals surface area contributed by atoms with Crippen LogP contribution in [0.2, 0.25) is 0 Å². The molecule has 0 aliphatic heterocycles. The van der Waals surface area contributed by atoms with Crippen molar-refractivity contribution >= 4 is 24.2 Å².